The topological polar surface area (TPSA) is 104 Å². The van der Waals surface area contributed by atoms with Gasteiger partial charge in [0.05, 0.1) is 13.2 Å². The lowest BCUT2D eigenvalue weighted by Gasteiger charge is -2.23. The van der Waals surface area contributed by atoms with Gasteiger partial charge in [-0.05, 0) is 52.7 Å². The Kier molecular flexibility index (Phi) is 8.88. The fraction of sp³-hybridized carbons (Fsp3) is 0.600. The highest BCUT2D eigenvalue weighted by molar-refractivity contribution is 5.96. The summed E-state index contributed by atoms with van der Waals surface area (Å²) in [4.78, 5) is 40.8. The number of nitrogens with zero attached hydrogens (tertiary/aromatic N) is 1. The number of amides is 1. The van der Waals surface area contributed by atoms with Gasteiger partial charge in [0.2, 0.25) is 0 Å². The maximum absolute atomic E-state index is 12.4. The normalized spacial score (nSPS) is 12.2. The van der Waals surface area contributed by atoms with Gasteiger partial charge in [0, 0.05) is 12.1 Å². The molecule has 1 N–H and O–H groups in total. The zero-order chi connectivity index (χ0) is 21.3. The SMILES string of the molecule is CCOC(=O)C(C(=O)OCC)C(CC)c1ccc(NC(=O)OC(C)(C)C)nc1. The maximum atomic E-state index is 12.4. The van der Waals surface area contributed by atoms with Crippen molar-refractivity contribution in [3.8, 4) is 0 Å². The number of hydrogen-bond donors (Lipinski definition) is 1. The van der Waals surface area contributed by atoms with Gasteiger partial charge in [-0.15, -0.1) is 0 Å². The molecule has 0 fully saturated rings. The highest BCUT2D eigenvalue weighted by Gasteiger charge is 2.37. The average Bonchev–Trinajstić information content (AvgIpc) is 2.59. The minimum atomic E-state index is -1.07. The van der Waals surface area contributed by atoms with Crippen LogP contribution in [0.5, 0.6) is 0 Å². The molecule has 156 valence electrons. The quantitative estimate of drug-likeness (QED) is 0.407. The molecule has 0 aromatic carbocycles. The van der Waals surface area contributed by atoms with E-state index >= 15 is 0 Å². The number of aromatic nitrogens is 1. The lowest BCUT2D eigenvalue weighted by Crippen LogP contribution is -2.33. The minimum Gasteiger partial charge on any atom is -0.465 e. The third-order valence-corrected chi connectivity index (χ3v) is 3.77. The number of carbonyl (C=O) groups is 3. The first-order valence-electron chi connectivity index (χ1n) is 9.42. The Balaban J connectivity index is 3.01. The van der Waals surface area contributed by atoms with Gasteiger partial charge in [-0.1, -0.05) is 13.0 Å². The van der Waals surface area contributed by atoms with Crippen LogP contribution in [0.25, 0.3) is 0 Å². The zero-order valence-electron chi connectivity index (χ0n) is 17.4. The number of carbonyl (C=O) groups excluding carboxylic acids is 3. The van der Waals surface area contributed by atoms with Gasteiger partial charge in [-0.2, -0.15) is 0 Å². The van der Waals surface area contributed by atoms with Crippen molar-refractivity contribution in [2.45, 2.75) is 59.5 Å². The molecule has 1 rings (SSSR count). The van der Waals surface area contributed by atoms with Gasteiger partial charge in [0.25, 0.3) is 0 Å². The van der Waals surface area contributed by atoms with Crippen LogP contribution in [-0.2, 0) is 23.8 Å². The van der Waals surface area contributed by atoms with Crippen molar-refractivity contribution < 1.29 is 28.6 Å². The predicted octanol–water partition coefficient (Wildman–Crippen LogP) is 3.66. The fourth-order valence-corrected chi connectivity index (χ4v) is 2.66. The first-order valence-corrected chi connectivity index (χ1v) is 9.42. The molecule has 8 nitrogen and oxygen atoms in total. The summed E-state index contributed by atoms with van der Waals surface area (Å²) in [6.07, 6.45) is 1.41. The summed E-state index contributed by atoms with van der Waals surface area (Å²) < 4.78 is 15.3. The van der Waals surface area contributed by atoms with Crippen molar-refractivity contribution in [2.24, 2.45) is 5.92 Å². The number of hydrogen-bond acceptors (Lipinski definition) is 7. The van der Waals surface area contributed by atoms with E-state index in [1.165, 1.54) is 6.20 Å². The first kappa shape index (κ1) is 23.4. The number of esters is 2. The molecule has 1 amide bonds. The molecule has 28 heavy (non-hydrogen) atoms. The molecule has 0 aliphatic rings. The van der Waals surface area contributed by atoms with Crippen LogP contribution < -0.4 is 5.32 Å². The van der Waals surface area contributed by atoms with E-state index in [9.17, 15) is 14.4 Å². The second-order valence-corrected chi connectivity index (χ2v) is 7.10. The molecule has 0 spiro atoms. The largest absolute Gasteiger partial charge is 0.465 e. The maximum Gasteiger partial charge on any atom is 0.413 e. The highest BCUT2D eigenvalue weighted by atomic mass is 16.6. The molecule has 1 aromatic rings. The molecule has 1 heterocycles. The summed E-state index contributed by atoms with van der Waals surface area (Å²) >= 11 is 0. The van der Waals surface area contributed by atoms with E-state index in [1.807, 2.05) is 6.92 Å². The summed E-state index contributed by atoms with van der Waals surface area (Å²) in [6.45, 7) is 10.9. The van der Waals surface area contributed by atoms with Crippen molar-refractivity contribution >= 4 is 23.8 Å². The van der Waals surface area contributed by atoms with Gasteiger partial charge in [-0.3, -0.25) is 14.9 Å². The van der Waals surface area contributed by atoms with E-state index in [-0.39, 0.29) is 13.2 Å². The summed E-state index contributed by atoms with van der Waals surface area (Å²) in [5, 5.41) is 2.54. The second-order valence-electron chi connectivity index (χ2n) is 7.10. The molecule has 0 aliphatic carbocycles. The Morgan fingerprint density at radius 3 is 2.00 bits per heavy atom. The van der Waals surface area contributed by atoms with E-state index < -0.39 is 35.5 Å². The summed E-state index contributed by atoms with van der Waals surface area (Å²) in [5.41, 5.74) is 0.0486. The number of anilines is 1. The van der Waals surface area contributed by atoms with Gasteiger partial charge in [0.1, 0.15) is 11.4 Å². The van der Waals surface area contributed by atoms with Crippen LogP contribution in [0.3, 0.4) is 0 Å². The second kappa shape index (κ2) is 10.6. The van der Waals surface area contributed by atoms with Crippen molar-refractivity contribution in [3.05, 3.63) is 23.9 Å². The van der Waals surface area contributed by atoms with Crippen LogP contribution in [0.15, 0.2) is 18.3 Å². The smallest absolute Gasteiger partial charge is 0.413 e. The molecule has 0 radical (unpaired) electrons. The minimum absolute atomic E-state index is 0.169. The summed E-state index contributed by atoms with van der Waals surface area (Å²) in [5.74, 6) is -2.47. The van der Waals surface area contributed by atoms with Crippen molar-refractivity contribution in [1.82, 2.24) is 4.98 Å². The summed E-state index contributed by atoms with van der Waals surface area (Å²) in [6, 6.07) is 3.30. The Labute approximate surface area is 166 Å². The molecule has 1 aromatic heterocycles. The van der Waals surface area contributed by atoms with Crippen molar-refractivity contribution in [2.75, 3.05) is 18.5 Å². The molecule has 0 saturated heterocycles. The monoisotopic (exact) mass is 394 g/mol. The van der Waals surface area contributed by atoms with E-state index in [2.05, 4.69) is 10.3 Å². The Morgan fingerprint density at radius 1 is 1.04 bits per heavy atom. The lowest BCUT2D eigenvalue weighted by atomic mass is 9.84. The molecule has 8 heteroatoms. The van der Waals surface area contributed by atoms with E-state index in [0.29, 0.717) is 17.8 Å². The summed E-state index contributed by atoms with van der Waals surface area (Å²) in [7, 11) is 0. The van der Waals surface area contributed by atoms with Crippen LogP contribution in [0.4, 0.5) is 10.6 Å². The highest BCUT2D eigenvalue weighted by Crippen LogP contribution is 2.30. The van der Waals surface area contributed by atoms with Gasteiger partial charge < -0.3 is 14.2 Å². The fourth-order valence-electron chi connectivity index (χ4n) is 2.66. The molecular weight excluding hydrogens is 364 g/mol. The van der Waals surface area contributed by atoms with Crippen LogP contribution in [0.1, 0.15) is 59.4 Å². The standard InChI is InChI=1S/C20H30N2O6/c1-7-14(16(17(23)26-8-2)18(24)27-9-3)13-10-11-15(21-12-13)22-19(25)28-20(4,5)6/h10-12,14,16H,7-9H2,1-6H3,(H,21,22,25). The molecule has 1 unspecified atom stereocenters. The molecule has 0 bridgehead atoms. The number of rotatable bonds is 8. The Morgan fingerprint density at radius 2 is 1.61 bits per heavy atom. The zero-order valence-corrected chi connectivity index (χ0v) is 17.4. The molecule has 0 aliphatic heterocycles. The molecule has 0 saturated carbocycles. The molecular formula is C20H30N2O6. The Hall–Kier alpha value is -2.64. The van der Waals surface area contributed by atoms with E-state index in [1.54, 1.807) is 46.8 Å². The van der Waals surface area contributed by atoms with Gasteiger partial charge >= 0.3 is 18.0 Å². The van der Waals surface area contributed by atoms with Gasteiger partial charge in [0.15, 0.2) is 5.92 Å². The van der Waals surface area contributed by atoms with Gasteiger partial charge in [-0.25, -0.2) is 9.78 Å². The van der Waals surface area contributed by atoms with Crippen LogP contribution in [0.2, 0.25) is 0 Å². The number of ether oxygens (including phenoxy) is 3. The Bertz CT molecular complexity index is 648. The van der Waals surface area contributed by atoms with Crippen LogP contribution in [0, 0.1) is 5.92 Å². The van der Waals surface area contributed by atoms with Crippen molar-refractivity contribution in [3.63, 3.8) is 0 Å². The van der Waals surface area contributed by atoms with Crippen LogP contribution in [-0.4, -0.2) is 41.8 Å². The van der Waals surface area contributed by atoms with Crippen LogP contribution >= 0.6 is 0 Å². The number of nitrogens with one attached hydrogen (secondary N) is 1. The predicted molar refractivity (Wildman–Crippen MR) is 104 cm³/mol. The third kappa shape index (κ3) is 7.17. The van der Waals surface area contributed by atoms with E-state index in [4.69, 9.17) is 14.2 Å². The first-order chi connectivity index (χ1) is 13.1. The average molecular weight is 394 g/mol. The molecule has 1 atom stereocenters. The van der Waals surface area contributed by atoms with E-state index in [0.717, 1.165) is 0 Å². The number of pyridine rings is 1. The van der Waals surface area contributed by atoms with Crippen molar-refractivity contribution in [1.29, 1.82) is 0 Å². The lowest BCUT2D eigenvalue weighted by molar-refractivity contribution is -0.162. The third-order valence-electron chi connectivity index (χ3n) is 3.77.